The molecule has 2 aliphatic heterocycles. The number of methoxy groups -OCH3 is 2. The molecule has 0 radical (unpaired) electrons. The summed E-state index contributed by atoms with van der Waals surface area (Å²) in [5, 5.41) is 1.30. The number of ether oxygens (including phenoxy) is 2. The number of fused-ring (bicyclic) bond motifs is 6. The fourth-order valence-electron chi connectivity index (χ4n) is 4.56. The maximum absolute atomic E-state index is 5.61. The minimum atomic E-state index is 0.427. The minimum Gasteiger partial charge on any atom is -0.497 e. The lowest BCUT2D eigenvalue weighted by Crippen LogP contribution is -2.39. The highest BCUT2D eigenvalue weighted by molar-refractivity contribution is 5.86. The van der Waals surface area contributed by atoms with Gasteiger partial charge in [-0.05, 0) is 48.2 Å². The number of hydrogen-bond acceptors (Lipinski definition) is 3. The zero-order chi connectivity index (χ0) is 17.0. The molecule has 0 spiro atoms. The van der Waals surface area contributed by atoms with E-state index in [2.05, 4.69) is 40.2 Å². The molecule has 2 aromatic carbocycles. The van der Waals surface area contributed by atoms with Gasteiger partial charge < -0.3 is 14.5 Å². The van der Waals surface area contributed by atoms with Gasteiger partial charge in [0.05, 0.1) is 14.2 Å². The van der Waals surface area contributed by atoms with Gasteiger partial charge in [0.1, 0.15) is 11.5 Å². The molecule has 1 aromatic heterocycles. The molecule has 0 aliphatic carbocycles. The van der Waals surface area contributed by atoms with Gasteiger partial charge in [-0.25, -0.2) is 0 Å². The summed E-state index contributed by atoms with van der Waals surface area (Å²) in [6, 6.07) is 13.2. The molecule has 128 valence electrons. The number of hydrogen-bond donors (Lipinski definition) is 1. The second-order valence-corrected chi connectivity index (χ2v) is 6.96. The Kier molecular flexibility index (Phi) is 3.28. The molecule has 0 saturated heterocycles. The standard InChI is InChI=1S/C21H22N2O2/c1-24-13-6-7-18-16(10-13)17-11-20-14-4-3-5-21(25-2)15(14)8-9-23(20)12-19(17)22-18/h3-7,10,20,22H,8-9,11-12H2,1-2H3/t20-/m0/s1. The first-order valence-corrected chi connectivity index (χ1v) is 8.86. The van der Waals surface area contributed by atoms with Gasteiger partial charge in [0.25, 0.3) is 0 Å². The van der Waals surface area contributed by atoms with Crippen LogP contribution in [-0.4, -0.2) is 30.6 Å². The third-order valence-electron chi connectivity index (χ3n) is 5.80. The predicted molar refractivity (Wildman–Crippen MR) is 98.4 cm³/mol. The number of H-pyrrole nitrogens is 1. The summed E-state index contributed by atoms with van der Waals surface area (Å²) in [5.74, 6) is 1.95. The highest BCUT2D eigenvalue weighted by Crippen LogP contribution is 2.42. The van der Waals surface area contributed by atoms with Crippen LogP contribution in [0.2, 0.25) is 0 Å². The van der Waals surface area contributed by atoms with Crippen LogP contribution in [-0.2, 0) is 19.4 Å². The first-order valence-electron chi connectivity index (χ1n) is 8.86. The van der Waals surface area contributed by atoms with Gasteiger partial charge in [-0.3, -0.25) is 4.90 Å². The maximum atomic E-state index is 5.61. The lowest BCUT2D eigenvalue weighted by molar-refractivity contribution is 0.158. The van der Waals surface area contributed by atoms with Crippen molar-refractivity contribution in [1.29, 1.82) is 0 Å². The summed E-state index contributed by atoms with van der Waals surface area (Å²) in [4.78, 5) is 6.22. The van der Waals surface area contributed by atoms with E-state index in [1.807, 2.05) is 6.07 Å². The molecule has 1 N–H and O–H groups in total. The average Bonchev–Trinajstić information content (AvgIpc) is 3.02. The van der Waals surface area contributed by atoms with Gasteiger partial charge in [-0.15, -0.1) is 0 Å². The SMILES string of the molecule is COc1ccc2[nH]c3c(c2c1)C[C@H]1c2cccc(OC)c2CCN1C3. The van der Waals surface area contributed by atoms with Crippen molar-refractivity contribution in [3.63, 3.8) is 0 Å². The third kappa shape index (κ3) is 2.17. The fraction of sp³-hybridized carbons (Fsp3) is 0.333. The minimum absolute atomic E-state index is 0.427. The van der Waals surface area contributed by atoms with Gasteiger partial charge in [0, 0.05) is 41.3 Å². The second kappa shape index (κ2) is 5.53. The van der Waals surface area contributed by atoms with Gasteiger partial charge in [0.2, 0.25) is 0 Å². The molecular formula is C21H22N2O2. The Morgan fingerprint density at radius 3 is 2.84 bits per heavy atom. The van der Waals surface area contributed by atoms with Gasteiger partial charge in [-0.1, -0.05) is 12.1 Å². The van der Waals surface area contributed by atoms with Crippen molar-refractivity contribution in [2.75, 3.05) is 20.8 Å². The molecular weight excluding hydrogens is 312 g/mol. The highest BCUT2D eigenvalue weighted by atomic mass is 16.5. The molecule has 1 atom stereocenters. The molecule has 3 aromatic rings. The number of nitrogens with zero attached hydrogens (tertiary/aromatic N) is 1. The fourth-order valence-corrected chi connectivity index (χ4v) is 4.56. The summed E-state index contributed by atoms with van der Waals surface area (Å²) < 4.78 is 11.0. The first kappa shape index (κ1) is 14.8. The summed E-state index contributed by atoms with van der Waals surface area (Å²) in [7, 11) is 3.50. The third-order valence-corrected chi connectivity index (χ3v) is 5.80. The molecule has 0 fully saturated rings. The van der Waals surface area contributed by atoms with Crippen LogP contribution in [0.25, 0.3) is 10.9 Å². The Bertz CT molecular complexity index is 960. The molecule has 5 rings (SSSR count). The van der Waals surface area contributed by atoms with Gasteiger partial charge in [0.15, 0.2) is 0 Å². The Balaban J connectivity index is 1.62. The van der Waals surface area contributed by atoms with Crippen molar-refractivity contribution in [2.24, 2.45) is 0 Å². The van der Waals surface area contributed by atoms with Crippen LogP contribution in [0.4, 0.5) is 0 Å². The van der Waals surface area contributed by atoms with E-state index in [1.54, 1.807) is 14.2 Å². The van der Waals surface area contributed by atoms with E-state index in [0.717, 1.165) is 37.4 Å². The van der Waals surface area contributed by atoms with Crippen molar-refractivity contribution in [3.8, 4) is 11.5 Å². The monoisotopic (exact) mass is 334 g/mol. The Hall–Kier alpha value is -2.46. The van der Waals surface area contributed by atoms with Gasteiger partial charge >= 0.3 is 0 Å². The molecule has 0 unspecified atom stereocenters. The van der Waals surface area contributed by atoms with E-state index in [1.165, 1.54) is 33.3 Å². The molecule has 4 nitrogen and oxygen atoms in total. The van der Waals surface area contributed by atoms with Crippen LogP contribution in [0.1, 0.15) is 28.4 Å². The van der Waals surface area contributed by atoms with E-state index in [0.29, 0.717) is 6.04 Å². The Labute approximate surface area is 147 Å². The lowest BCUT2D eigenvalue weighted by Gasteiger charge is -2.40. The van der Waals surface area contributed by atoms with Crippen molar-refractivity contribution in [3.05, 3.63) is 58.8 Å². The predicted octanol–water partition coefficient (Wildman–Crippen LogP) is 3.84. The molecule has 0 amide bonds. The molecule has 3 heterocycles. The van der Waals surface area contributed by atoms with Crippen molar-refractivity contribution in [2.45, 2.75) is 25.4 Å². The van der Waals surface area contributed by atoms with E-state index in [4.69, 9.17) is 9.47 Å². The molecule has 4 heteroatoms. The van der Waals surface area contributed by atoms with E-state index >= 15 is 0 Å². The largest absolute Gasteiger partial charge is 0.497 e. The lowest BCUT2D eigenvalue weighted by atomic mass is 9.85. The van der Waals surface area contributed by atoms with Gasteiger partial charge in [-0.2, -0.15) is 0 Å². The van der Waals surface area contributed by atoms with Crippen LogP contribution < -0.4 is 9.47 Å². The smallest absolute Gasteiger partial charge is 0.122 e. The highest BCUT2D eigenvalue weighted by Gasteiger charge is 2.34. The van der Waals surface area contributed by atoms with Crippen molar-refractivity contribution < 1.29 is 9.47 Å². The summed E-state index contributed by atoms with van der Waals surface area (Å²) >= 11 is 0. The van der Waals surface area contributed by atoms with Crippen LogP contribution >= 0.6 is 0 Å². The van der Waals surface area contributed by atoms with Crippen LogP contribution in [0.5, 0.6) is 11.5 Å². The average molecular weight is 334 g/mol. The van der Waals surface area contributed by atoms with Crippen LogP contribution in [0, 0.1) is 0 Å². The number of aromatic nitrogens is 1. The summed E-state index contributed by atoms with van der Waals surface area (Å²) in [6.07, 6.45) is 2.09. The van der Waals surface area contributed by atoms with E-state index in [9.17, 15) is 0 Å². The summed E-state index contributed by atoms with van der Waals surface area (Å²) in [6.45, 7) is 2.06. The van der Waals surface area contributed by atoms with Crippen LogP contribution in [0.3, 0.4) is 0 Å². The maximum Gasteiger partial charge on any atom is 0.122 e. The second-order valence-electron chi connectivity index (χ2n) is 6.96. The van der Waals surface area contributed by atoms with Crippen LogP contribution in [0.15, 0.2) is 36.4 Å². The summed E-state index contributed by atoms with van der Waals surface area (Å²) in [5.41, 5.74) is 6.80. The number of aromatic amines is 1. The molecule has 0 saturated carbocycles. The molecule has 2 aliphatic rings. The Morgan fingerprint density at radius 2 is 2.00 bits per heavy atom. The quantitative estimate of drug-likeness (QED) is 0.774. The molecule has 0 bridgehead atoms. The normalized spacial score (nSPS) is 19.2. The topological polar surface area (TPSA) is 37.5 Å². The molecule has 25 heavy (non-hydrogen) atoms. The van der Waals surface area contributed by atoms with Crippen molar-refractivity contribution in [1.82, 2.24) is 9.88 Å². The first-order chi connectivity index (χ1) is 12.3. The zero-order valence-electron chi connectivity index (χ0n) is 14.6. The number of benzene rings is 2. The van der Waals surface area contributed by atoms with E-state index < -0.39 is 0 Å². The van der Waals surface area contributed by atoms with Crippen molar-refractivity contribution >= 4 is 10.9 Å². The Morgan fingerprint density at radius 1 is 1.08 bits per heavy atom. The zero-order valence-corrected chi connectivity index (χ0v) is 14.6. The number of rotatable bonds is 2. The van der Waals surface area contributed by atoms with E-state index in [-0.39, 0.29) is 0 Å². The number of nitrogens with one attached hydrogen (secondary N) is 1.